The van der Waals surface area contributed by atoms with Gasteiger partial charge in [-0.1, -0.05) is 12.8 Å². The minimum atomic E-state index is -0.761. The van der Waals surface area contributed by atoms with Gasteiger partial charge in [0.1, 0.15) is 5.82 Å². The van der Waals surface area contributed by atoms with E-state index >= 15 is 0 Å². The highest BCUT2D eigenvalue weighted by molar-refractivity contribution is 5.99. The van der Waals surface area contributed by atoms with Gasteiger partial charge in [-0.05, 0) is 44.0 Å². The van der Waals surface area contributed by atoms with Gasteiger partial charge in [0.2, 0.25) is 0 Å². The predicted molar refractivity (Wildman–Crippen MR) is 115 cm³/mol. The molecule has 2 heterocycles. The molecule has 0 spiro atoms. The minimum absolute atomic E-state index is 0.0194. The van der Waals surface area contributed by atoms with Crippen LogP contribution in [0.15, 0.2) is 24.3 Å². The number of aromatic nitrogens is 3. The van der Waals surface area contributed by atoms with E-state index in [-0.39, 0.29) is 29.3 Å². The first-order valence-electron chi connectivity index (χ1n) is 10.1. The second-order valence-corrected chi connectivity index (χ2v) is 7.84. The largest absolute Gasteiger partial charge is 0.365 e. The number of nitrogens with two attached hydrogens (primary N) is 2. The fourth-order valence-corrected chi connectivity index (χ4v) is 4.04. The van der Waals surface area contributed by atoms with Crippen molar-refractivity contribution in [3.63, 3.8) is 0 Å². The van der Waals surface area contributed by atoms with E-state index in [9.17, 15) is 9.18 Å². The Hall–Kier alpha value is -3.20. The number of aryl methyl sites for hydroxylation is 2. The number of carbonyl (C=O) groups excluding carboxylic acids is 1. The van der Waals surface area contributed by atoms with E-state index in [2.05, 4.69) is 20.7 Å². The lowest BCUT2D eigenvalue weighted by Gasteiger charge is -2.30. The van der Waals surface area contributed by atoms with Crippen LogP contribution < -0.4 is 22.1 Å². The number of rotatable bonds is 5. The van der Waals surface area contributed by atoms with E-state index in [1.54, 1.807) is 4.68 Å². The zero-order valence-corrected chi connectivity index (χ0v) is 17.1. The number of carbonyl (C=O) groups is 1. The van der Waals surface area contributed by atoms with Crippen molar-refractivity contribution in [1.29, 1.82) is 0 Å². The lowest BCUT2D eigenvalue weighted by Crippen LogP contribution is -2.43. The van der Waals surface area contributed by atoms with Gasteiger partial charge >= 0.3 is 0 Å². The molecule has 0 radical (unpaired) electrons. The second kappa shape index (κ2) is 7.91. The molecule has 3 aromatic rings. The molecule has 1 aliphatic carbocycles. The average Bonchev–Trinajstić information content (AvgIpc) is 2.99. The third-order valence-electron chi connectivity index (χ3n) is 5.68. The summed E-state index contributed by atoms with van der Waals surface area (Å²) in [6.07, 6.45) is 3.83. The van der Waals surface area contributed by atoms with E-state index in [0.29, 0.717) is 5.69 Å². The summed E-state index contributed by atoms with van der Waals surface area (Å²) in [6, 6.07) is 6.67. The number of nitrogens with one attached hydrogen (secondary N) is 2. The maximum Gasteiger partial charge on any atom is 0.252 e. The maximum atomic E-state index is 14.7. The van der Waals surface area contributed by atoms with Crippen LogP contribution in [0.3, 0.4) is 0 Å². The molecule has 158 valence electrons. The standard InChI is InChI=1S/C21H26FN7O/c1-11-13-9-12(7-8-18(13)29(2)28-11)25-20-14(19(24)30)10-15(22)21(27-20)26-17-6-4-3-5-16(17)23/h7-10,16-17H,3-6,23H2,1-2H3,(H2,24,30)(H2,25,26,27)/t16-,17+/m0/s1. The van der Waals surface area contributed by atoms with Crippen LogP contribution in [0.2, 0.25) is 0 Å². The van der Waals surface area contributed by atoms with Gasteiger partial charge in [0.25, 0.3) is 5.91 Å². The number of pyridine rings is 1. The van der Waals surface area contributed by atoms with Gasteiger partial charge in [-0.25, -0.2) is 9.37 Å². The highest BCUT2D eigenvalue weighted by Gasteiger charge is 2.24. The van der Waals surface area contributed by atoms with E-state index in [0.717, 1.165) is 48.3 Å². The fraction of sp³-hybridized carbons (Fsp3) is 0.381. The molecule has 1 saturated carbocycles. The Bertz CT molecular complexity index is 1110. The van der Waals surface area contributed by atoms with Crippen LogP contribution in [0.1, 0.15) is 41.7 Å². The van der Waals surface area contributed by atoms with Crippen LogP contribution in [0, 0.1) is 12.7 Å². The molecular weight excluding hydrogens is 385 g/mol. The number of fused-ring (bicyclic) bond motifs is 1. The number of anilines is 3. The van der Waals surface area contributed by atoms with Gasteiger partial charge in [-0.15, -0.1) is 0 Å². The SMILES string of the molecule is Cc1nn(C)c2ccc(Nc3nc(N[C@@H]4CCCC[C@@H]4N)c(F)cc3C(N)=O)cc12. The van der Waals surface area contributed by atoms with Gasteiger partial charge in [-0.2, -0.15) is 5.10 Å². The second-order valence-electron chi connectivity index (χ2n) is 7.84. The summed E-state index contributed by atoms with van der Waals surface area (Å²) in [5.41, 5.74) is 14.2. The number of benzene rings is 1. The summed E-state index contributed by atoms with van der Waals surface area (Å²) in [5, 5.41) is 11.6. The third kappa shape index (κ3) is 3.80. The summed E-state index contributed by atoms with van der Waals surface area (Å²) in [7, 11) is 1.88. The first kappa shape index (κ1) is 20.1. The molecule has 9 heteroatoms. The van der Waals surface area contributed by atoms with Gasteiger partial charge in [-0.3, -0.25) is 9.48 Å². The van der Waals surface area contributed by atoms with Gasteiger partial charge in [0, 0.05) is 30.2 Å². The van der Waals surface area contributed by atoms with Crippen molar-refractivity contribution < 1.29 is 9.18 Å². The molecular formula is C21H26FN7O. The molecule has 1 aliphatic rings. The molecule has 1 amide bonds. The van der Waals surface area contributed by atoms with Gasteiger partial charge < -0.3 is 22.1 Å². The lowest BCUT2D eigenvalue weighted by atomic mass is 9.91. The molecule has 0 aliphatic heterocycles. The normalized spacial score (nSPS) is 19.1. The zero-order valence-electron chi connectivity index (χ0n) is 17.1. The van der Waals surface area contributed by atoms with Crippen LogP contribution in [0.5, 0.6) is 0 Å². The quantitative estimate of drug-likeness (QED) is 0.512. The van der Waals surface area contributed by atoms with E-state index in [1.165, 1.54) is 0 Å². The Morgan fingerprint density at radius 1 is 1.23 bits per heavy atom. The molecule has 0 bridgehead atoms. The highest BCUT2D eigenvalue weighted by atomic mass is 19.1. The Kier molecular flexibility index (Phi) is 5.29. The molecule has 1 aromatic carbocycles. The Morgan fingerprint density at radius 3 is 2.73 bits per heavy atom. The lowest BCUT2D eigenvalue weighted by molar-refractivity contribution is 0.100. The predicted octanol–water partition coefficient (Wildman–Crippen LogP) is 2.94. The highest BCUT2D eigenvalue weighted by Crippen LogP contribution is 2.28. The van der Waals surface area contributed by atoms with Crippen molar-refractivity contribution in [1.82, 2.24) is 14.8 Å². The molecule has 8 nitrogen and oxygen atoms in total. The maximum absolute atomic E-state index is 14.7. The number of amides is 1. The summed E-state index contributed by atoms with van der Waals surface area (Å²) < 4.78 is 16.5. The number of primary amides is 1. The molecule has 4 rings (SSSR count). The molecule has 0 saturated heterocycles. The molecule has 0 unspecified atom stereocenters. The summed E-state index contributed by atoms with van der Waals surface area (Å²) in [6.45, 7) is 1.92. The molecule has 6 N–H and O–H groups in total. The minimum Gasteiger partial charge on any atom is -0.365 e. The first-order chi connectivity index (χ1) is 14.3. The van der Waals surface area contributed by atoms with Crippen LogP contribution in [-0.2, 0) is 7.05 Å². The Morgan fingerprint density at radius 2 is 2.00 bits per heavy atom. The number of hydrogen-bond donors (Lipinski definition) is 4. The number of nitrogens with zero attached hydrogens (tertiary/aromatic N) is 3. The van der Waals surface area contributed by atoms with Gasteiger partial charge in [0.15, 0.2) is 11.6 Å². The van der Waals surface area contributed by atoms with Crippen LogP contribution in [0.4, 0.5) is 21.7 Å². The van der Waals surface area contributed by atoms with Crippen molar-refractivity contribution in [2.75, 3.05) is 10.6 Å². The van der Waals surface area contributed by atoms with Crippen LogP contribution in [0.25, 0.3) is 10.9 Å². The monoisotopic (exact) mass is 411 g/mol. The molecule has 1 fully saturated rings. The fourth-order valence-electron chi connectivity index (χ4n) is 4.04. The van der Waals surface area contributed by atoms with E-state index < -0.39 is 11.7 Å². The van der Waals surface area contributed by atoms with Crippen molar-refractivity contribution >= 4 is 34.1 Å². The van der Waals surface area contributed by atoms with E-state index in [4.69, 9.17) is 11.5 Å². The average molecular weight is 411 g/mol. The summed E-state index contributed by atoms with van der Waals surface area (Å²) >= 11 is 0. The third-order valence-corrected chi connectivity index (χ3v) is 5.68. The summed E-state index contributed by atoms with van der Waals surface area (Å²) in [4.78, 5) is 16.3. The Labute approximate surface area is 173 Å². The number of hydrogen-bond acceptors (Lipinski definition) is 6. The Balaban J connectivity index is 1.68. The summed E-state index contributed by atoms with van der Waals surface area (Å²) in [5.74, 6) is -1.14. The number of halogens is 1. The van der Waals surface area contributed by atoms with Crippen molar-refractivity contribution in [3.8, 4) is 0 Å². The van der Waals surface area contributed by atoms with E-state index in [1.807, 2.05) is 32.2 Å². The van der Waals surface area contributed by atoms with Crippen molar-refractivity contribution in [3.05, 3.63) is 41.3 Å². The van der Waals surface area contributed by atoms with Gasteiger partial charge in [0.05, 0.1) is 16.8 Å². The van der Waals surface area contributed by atoms with Crippen LogP contribution >= 0.6 is 0 Å². The molecule has 2 aromatic heterocycles. The molecule has 2 atom stereocenters. The van der Waals surface area contributed by atoms with Crippen LogP contribution in [-0.4, -0.2) is 32.8 Å². The van der Waals surface area contributed by atoms with Crippen molar-refractivity contribution in [2.24, 2.45) is 18.5 Å². The smallest absolute Gasteiger partial charge is 0.252 e. The first-order valence-corrected chi connectivity index (χ1v) is 10.1. The van der Waals surface area contributed by atoms with Crippen molar-refractivity contribution in [2.45, 2.75) is 44.7 Å². The topological polar surface area (TPSA) is 124 Å². The zero-order chi connectivity index (χ0) is 21.4. The molecule has 30 heavy (non-hydrogen) atoms.